The maximum Gasteiger partial charge on any atom is 0.225 e. The fourth-order valence-electron chi connectivity index (χ4n) is 2.39. The second-order valence-corrected chi connectivity index (χ2v) is 4.85. The lowest BCUT2D eigenvalue weighted by molar-refractivity contribution is 0.413. The molecule has 0 saturated carbocycles. The molecule has 5 nitrogen and oxygen atoms in total. The molecule has 0 amide bonds. The zero-order valence-electron chi connectivity index (χ0n) is 11.8. The molecule has 0 aliphatic carbocycles. The van der Waals surface area contributed by atoms with Gasteiger partial charge in [-0.1, -0.05) is 0 Å². The summed E-state index contributed by atoms with van der Waals surface area (Å²) in [5, 5.41) is 3.29. The number of nitrogens with one attached hydrogen (secondary N) is 1. The molecule has 1 fully saturated rings. The monoisotopic (exact) mass is 288 g/mol. The van der Waals surface area contributed by atoms with E-state index in [4.69, 9.17) is 4.74 Å². The number of anilines is 1. The first-order valence-electron chi connectivity index (χ1n) is 6.89. The van der Waals surface area contributed by atoms with Gasteiger partial charge in [0.1, 0.15) is 11.6 Å². The first kappa shape index (κ1) is 13.8. The van der Waals surface area contributed by atoms with Gasteiger partial charge in [0.15, 0.2) is 0 Å². The largest absolute Gasteiger partial charge is 0.496 e. The third kappa shape index (κ3) is 2.95. The number of benzene rings is 1. The van der Waals surface area contributed by atoms with Crippen molar-refractivity contribution in [2.45, 2.75) is 0 Å². The maximum atomic E-state index is 13.2. The average molecular weight is 288 g/mol. The van der Waals surface area contributed by atoms with Gasteiger partial charge in [-0.25, -0.2) is 14.4 Å². The lowest BCUT2D eigenvalue weighted by Gasteiger charge is -2.27. The number of ether oxygens (including phenoxy) is 1. The third-order valence-corrected chi connectivity index (χ3v) is 3.51. The van der Waals surface area contributed by atoms with Crippen molar-refractivity contribution in [3.63, 3.8) is 0 Å². The van der Waals surface area contributed by atoms with E-state index in [0.717, 1.165) is 43.3 Å². The van der Waals surface area contributed by atoms with Crippen LogP contribution in [0.25, 0.3) is 11.1 Å². The van der Waals surface area contributed by atoms with Gasteiger partial charge in [0, 0.05) is 55.8 Å². The van der Waals surface area contributed by atoms with Crippen LogP contribution >= 0.6 is 0 Å². The molecular formula is C15H17FN4O. The Kier molecular flexibility index (Phi) is 3.96. The minimum atomic E-state index is -0.325. The Balaban J connectivity index is 1.87. The molecule has 0 radical (unpaired) electrons. The summed E-state index contributed by atoms with van der Waals surface area (Å²) in [6, 6.07) is 4.44. The van der Waals surface area contributed by atoms with E-state index in [1.165, 1.54) is 19.2 Å². The third-order valence-electron chi connectivity index (χ3n) is 3.51. The summed E-state index contributed by atoms with van der Waals surface area (Å²) in [6.45, 7) is 3.69. The predicted octanol–water partition coefficient (Wildman–Crippen LogP) is 1.70. The Bertz CT molecular complexity index is 612. The molecule has 2 aromatic rings. The molecule has 1 aromatic heterocycles. The van der Waals surface area contributed by atoms with Crippen molar-refractivity contribution in [1.82, 2.24) is 15.3 Å². The Labute approximate surface area is 122 Å². The number of hydrogen-bond donors (Lipinski definition) is 1. The van der Waals surface area contributed by atoms with Gasteiger partial charge >= 0.3 is 0 Å². The zero-order valence-corrected chi connectivity index (χ0v) is 11.8. The van der Waals surface area contributed by atoms with Gasteiger partial charge in [-0.05, 0) is 12.1 Å². The molecule has 2 heterocycles. The van der Waals surface area contributed by atoms with Crippen molar-refractivity contribution >= 4 is 5.95 Å². The van der Waals surface area contributed by atoms with Crippen LogP contribution in [0.4, 0.5) is 10.3 Å². The first-order chi connectivity index (χ1) is 10.3. The van der Waals surface area contributed by atoms with Crippen LogP contribution in [0.3, 0.4) is 0 Å². The molecule has 110 valence electrons. The van der Waals surface area contributed by atoms with Gasteiger partial charge in [-0.3, -0.25) is 0 Å². The fourth-order valence-corrected chi connectivity index (χ4v) is 2.39. The number of nitrogens with zero attached hydrogens (tertiary/aromatic N) is 3. The zero-order chi connectivity index (χ0) is 14.7. The number of halogens is 1. The van der Waals surface area contributed by atoms with Crippen molar-refractivity contribution in [3.05, 3.63) is 36.4 Å². The molecule has 1 aromatic carbocycles. The van der Waals surface area contributed by atoms with Gasteiger partial charge in [0.05, 0.1) is 7.11 Å². The highest BCUT2D eigenvalue weighted by Crippen LogP contribution is 2.30. The van der Waals surface area contributed by atoms with Gasteiger partial charge in [-0.2, -0.15) is 0 Å². The molecule has 1 N–H and O–H groups in total. The van der Waals surface area contributed by atoms with E-state index in [-0.39, 0.29) is 5.82 Å². The summed E-state index contributed by atoms with van der Waals surface area (Å²) in [4.78, 5) is 11.0. The van der Waals surface area contributed by atoms with Crippen LogP contribution in [-0.2, 0) is 0 Å². The van der Waals surface area contributed by atoms with Crippen molar-refractivity contribution < 1.29 is 9.13 Å². The molecule has 3 rings (SSSR count). The number of hydrogen-bond acceptors (Lipinski definition) is 5. The van der Waals surface area contributed by atoms with Crippen molar-refractivity contribution in [1.29, 1.82) is 0 Å². The van der Waals surface area contributed by atoms with Crippen LogP contribution in [0, 0.1) is 5.82 Å². The average Bonchev–Trinajstić information content (AvgIpc) is 2.56. The van der Waals surface area contributed by atoms with Gasteiger partial charge in [0.25, 0.3) is 0 Å². The van der Waals surface area contributed by atoms with Crippen LogP contribution < -0.4 is 15.0 Å². The van der Waals surface area contributed by atoms with Crippen molar-refractivity contribution in [3.8, 4) is 16.9 Å². The van der Waals surface area contributed by atoms with Crippen LogP contribution in [0.15, 0.2) is 30.6 Å². The predicted molar refractivity (Wildman–Crippen MR) is 79.1 cm³/mol. The lowest BCUT2D eigenvalue weighted by atomic mass is 10.1. The second-order valence-electron chi connectivity index (χ2n) is 4.85. The highest BCUT2D eigenvalue weighted by Gasteiger charge is 2.14. The lowest BCUT2D eigenvalue weighted by Crippen LogP contribution is -2.44. The molecule has 1 aliphatic heterocycles. The summed E-state index contributed by atoms with van der Waals surface area (Å²) in [6.07, 6.45) is 3.50. The maximum absolute atomic E-state index is 13.2. The molecular weight excluding hydrogens is 271 g/mol. The number of methoxy groups -OCH3 is 1. The van der Waals surface area contributed by atoms with Crippen molar-refractivity contribution in [2.24, 2.45) is 0 Å². The highest BCUT2D eigenvalue weighted by molar-refractivity contribution is 5.69. The van der Waals surface area contributed by atoms with Gasteiger partial charge in [0.2, 0.25) is 5.95 Å². The SMILES string of the molecule is COc1cc(F)ccc1-c1cnc(N2CCNCC2)nc1. The summed E-state index contributed by atoms with van der Waals surface area (Å²) >= 11 is 0. The van der Waals surface area contributed by atoms with Crippen molar-refractivity contribution in [2.75, 3.05) is 38.2 Å². The molecule has 1 saturated heterocycles. The van der Waals surface area contributed by atoms with Gasteiger partial charge in [-0.15, -0.1) is 0 Å². The van der Waals surface area contributed by atoms with E-state index < -0.39 is 0 Å². The Morgan fingerprint density at radius 2 is 1.90 bits per heavy atom. The van der Waals surface area contributed by atoms with E-state index in [9.17, 15) is 4.39 Å². The van der Waals surface area contributed by atoms with Crippen LogP contribution in [0.5, 0.6) is 5.75 Å². The summed E-state index contributed by atoms with van der Waals surface area (Å²) in [5.41, 5.74) is 1.59. The fraction of sp³-hybridized carbons (Fsp3) is 0.333. The molecule has 0 atom stereocenters. The number of piperazine rings is 1. The van der Waals surface area contributed by atoms with Crippen LogP contribution in [-0.4, -0.2) is 43.3 Å². The molecule has 0 unspecified atom stereocenters. The van der Waals surface area contributed by atoms with E-state index >= 15 is 0 Å². The molecule has 21 heavy (non-hydrogen) atoms. The van der Waals surface area contributed by atoms with E-state index in [1.54, 1.807) is 18.5 Å². The number of aromatic nitrogens is 2. The second kappa shape index (κ2) is 6.05. The Morgan fingerprint density at radius 3 is 2.57 bits per heavy atom. The summed E-state index contributed by atoms with van der Waals surface area (Å²) in [7, 11) is 1.52. The molecule has 0 spiro atoms. The molecule has 6 heteroatoms. The number of rotatable bonds is 3. The van der Waals surface area contributed by atoms with E-state index in [2.05, 4.69) is 20.2 Å². The van der Waals surface area contributed by atoms with Gasteiger partial charge < -0.3 is 15.0 Å². The Morgan fingerprint density at radius 1 is 1.19 bits per heavy atom. The standard InChI is InChI=1S/C15H17FN4O/c1-21-14-8-12(16)2-3-13(14)11-9-18-15(19-10-11)20-6-4-17-5-7-20/h2-3,8-10,17H,4-7H2,1H3. The molecule has 0 bridgehead atoms. The smallest absolute Gasteiger partial charge is 0.225 e. The summed E-state index contributed by atoms with van der Waals surface area (Å²) < 4.78 is 18.4. The highest BCUT2D eigenvalue weighted by atomic mass is 19.1. The van der Waals surface area contributed by atoms with E-state index in [0.29, 0.717) is 5.75 Å². The minimum Gasteiger partial charge on any atom is -0.496 e. The normalized spacial score (nSPS) is 15.0. The molecule has 1 aliphatic rings. The summed E-state index contributed by atoms with van der Waals surface area (Å²) in [5.74, 6) is 0.879. The first-order valence-corrected chi connectivity index (χ1v) is 6.89. The van der Waals surface area contributed by atoms with Crippen LogP contribution in [0.2, 0.25) is 0 Å². The topological polar surface area (TPSA) is 50.3 Å². The quantitative estimate of drug-likeness (QED) is 0.931. The Hall–Kier alpha value is -2.21. The van der Waals surface area contributed by atoms with Crippen LogP contribution in [0.1, 0.15) is 0 Å². The van der Waals surface area contributed by atoms with E-state index in [1.807, 2.05) is 0 Å². The minimum absolute atomic E-state index is 0.325.